The van der Waals surface area contributed by atoms with E-state index in [-0.39, 0.29) is 0 Å². The van der Waals surface area contributed by atoms with Crippen LogP contribution < -0.4 is 0 Å². The number of aryl methyl sites for hydroxylation is 1. The molecule has 0 fully saturated rings. The van der Waals surface area contributed by atoms with E-state index in [1.807, 2.05) is 42.6 Å². The van der Waals surface area contributed by atoms with Gasteiger partial charge in [0.15, 0.2) is 0 Å². The summed E-state index contributed by atoms with van der Waals surface area (Å²) in [6, 6.07) is 9.87. The number of nitrogens with zero attached hydrogens (tertiary/aromatic N) is 2. The summed E-state index contributed by atoms with van der Waals surface area (Å²) in [6.07, 6.45) is 1.77. The predicted octanol–water partition coefficient (Wildman–Crippen LogP) is 3.28. The van der Waals surface area contributed by atoms with Crippen LogP contribution in [0.25, 0.3) is 10.9 Å². The molecule has 0 amide bonds. The number of benzene rings is 1. The zero-order chi connectivity index (χ0) is 13.2. The fourth-order valence-corrected chi connectivity index (χ4v) is 2.90. The maximum Gasteiger partial charge on any atom is 0.0954 e. The van der Waals surface area contributed by atoms with Crippen LogP contribution in [0.2, 0.25) is 0 Å². The lowest BCUT2D eigenvalue weighted by atomic mass is 10.0. The highest BCUT2D eigenvalue weighted by molar-refractivity contribution is 7.09. The smallest absolute Gasteiger partial charge is 0.0954 e. The molecule has 0 aliphatic rings. The number of rotatable bonds is 3. The van der Waals surface area contributed by atoms with Crippen molar-refractivity contribution in [3.8, 4) is 0 Å². The molecule has 0 spiro atoms. The van der Waals surface area contributed by atoms with E-state index < -0.39 is 6.10 Å². The molecular weight excluding hydrogens is 256 g/mol. The SMILES string of the molecule is Cc1cc(C(O)Cc2nccs2)c2ccccc2n1. The third-order valence-electron chi connectivity index (χ3n) is 3.09. The minimum Gasteiger partial charge on any atom is -0.388 e. The first kappa shape index (κ1) is 12.3. The summed E-state index contributed by atoms with van der Waals surface area (Å²) in [5.41, 5.74) is 2.78. The van der Waals surface area contributed by atoms with Crippen LogP contribution in [0.4, 0.5) is 0 Å². The molecular formula is C15H14N2OS. The van der Waals surface area contributed by atoms with E-state index in [2.05, 4.69) is 9.97 Å². The van der Waals surface area contributed by atoms with Crippen molar-refractivity contribution in [2.24, 2.45) is 0 Å². The van der Waals surface area contributed by atoms with Crippen molar-refractivity contribution < 1.29 is 5.11 Å². The summed E-state index contributed by atoms with van der Waals surface area (Å²) in [4.78, 5) is 8.72. The first-order valence-electron chi connectivity index (χ1n) is 6.17. The number of aliphatic hydroxyl groups is 1. The average molecular weight is 270 g/mol. The Morgan fingerprint density at radius 1 is 1.32 bits per heavy atom. The standard InChI is InChI=1S/C15H14N2OS/c1-10-8-12(11-4-2-3-5-13(11)17-10)14(18)9-15-16-6-7-19-15/h2-8,14,18H,9H2,1H3. The molecule has 1 unspecified atom stereocenters. The van der Waals surface area contributed by atoms with Gasteiger partial charge in [-0.25, -0.2) is 4.98 Å². The van der Waals surface area contributed by atoms with Gasteiger partial charge in [-0.3, -0.25) is 4.98 Å². The first-order chi connectivity index (χ1) is 9.24. The number of aliphatic hydroxyl groups excluding tert-OH is 1. The second kappa shape index (κ2) is 5.07. The van der Waals surface area contributed by atoms with Crippen molar-refractivity contribution in [3.63, 3.8) is 0 Å². The summed E-state index contributed by atoms with van der Waals surface area (Å²) in [6.45, 7) is 1.95. The molecule has 0 saturated heterocycles. The Bertz CT molecular complexity index is 694. The molecule has 19 heavy (non-hydrogen) atoms. The molecule has 0 aliphatic heterocycles. The first-order valence-corrected chi connectivity index (χ1v) is 7.05. The second-order valence-corrected chi connectivity index (χ2v) is 5.49. The molecule has 3 nitrogen and oxygen atoms in total. The van der Waals surface area contributed by atoms with Gasteiger partial charge in [-0.15, -0.1) is 11.3 Å². The second-order valence-electron chi connectivity index (χ2n) is 4.52. The van der Waals surface area contributed by atoms with Gasteiger partial charge in [0.1, 0.15) is 0 Å². The minimum atomic E-state index is -0.544. The van der Waals surface area contributed by atoms with Crippen molar-refractivity contribution in [3.05, 3.63) is 58.2 Å². The van der Waals surface area contributed by atoms with Crippen LogP contribution in [0.5, 0.6) is 0 Å². The lowest BCUT2D eigenvalue weighted by molar-refractivity contribution is 0.180. The van der Waals surface area contributed by atoms with E-state index in [0.29, 0.717) is 6.42 Å². The van der Waals surface area contributed by atoms with E-state index in [1.54, 1.807) is 17.5 Å². The van der Waals surface area contributed by atoms with Gasteiger partial charge >= 0.3 is 0 Å². The molecule has 3 aromatic rings. The molecule has 2 aromatic heterocycles. The molecule has 1 aromatic carbocycles. The number of hydrogen-bond donors (Lipinski definition) is 1. The number of aromatic nitrogens is 2. The average Bonchev–Trinajstić information content (AvgIpc) is 2.90. The zero-order valence-electron chi connectivity index (χ0n) is 10.6. The topological polar surface area (TPSA) is 46.0 Å². The minimum absolute atomic E-state index is 0.544. The Morgan fingerprint density at radius 3 is 2.95 bits per heavy atom. The molecule has 2 heterocycles. The number of hydrogen-bond acceptors (Lipinski definition) is 4. The Morgan fingerprint density at radius 2 is 2.16 bits per heavy atom. The van der Waals surface area contributed by atoms with E-state index in [9.17, 15) is 5.11 Å². The van der Waals surface area contributed by atoms with Crippen molar-refractivity contribution >= 4 is 22.2 Å². The van der Waals surface area contributed by atoms with Gasteiger partial charge < -0.3 is 5.11 Å². The molecule has 3 rings (SSSR count). The molecule has 0 radical (unpaired) electrons. The Balaban J connectivity index is 2.03. The Kier molecular flexibility index (Phi) is 3.27. The summed E-state index contributed by atoms with van der Waals surface area (Å²) in [5.74, 6) is 0. The van der Waals surface area contributed by atoms with Gasteiger partial charge in [0.2, 0.25) is 0 Å². The normalized spacial score (nSPS) is 12.7. The molecule has 96 valence electrons. The largest absolute Gasteiger partial charge is 0.388 e. The van der Waals surface area contributed by atoms with Gasteiger partial charge in [-0.05, 0) is 24.6 Å². The zero-order valence-corrected chi connectivity index (χ0v) is 11.4. The highest BCUT2D eigenvalue weighted by Crippen LogP contribution is 2.27. The van der Waals surface area contributed by atoms with Crippen LogP contribution in [-0.2, 0) is 6.42 Å². The quantitative estimate of drug-likeness (QED) is 0.794. The Labute approximate surface area is 115 Å². The maximum absolute atomic E-state index is 10.5. The van der Waals surface area contributed by atoms with Gasteiger partial charge in [0.25, 0.3) is 0 Å². The third kappa shape index (κ3) is 2.50. The number of fused-ring (bicyclic) bond motifs is 1. The summed E-state index contributed by atoms with van der Waals surface area (Å²) >= 11 is 1.57. The summed E-state index contributed by atoms with van der Waals surface area (Å²) < 4.78 is 0. The number of para-hydroxylation sites is 1. The van der Waals surface area contributed by atoms with Crippen molar-refractivity contribution in [2.45, 2.75) is 19.4 Å². The molecule has 1 atom stereocenters. The van der Waals surface area contributed by atoms with Crippen LogP contribution >= 0.6 is 11.3 Å². The fraction of sp³-hybridized carbons (Fsp3) is 0.200. The number of thiazole rings is 1. The maximum atomic E-state index is 10.5. The van der Waals surface area contributed by atoms with Gasteiger partial charge in [0.05, 0.1) is 16.6 Å². The molecule has 4 heteroatoms. The summed E-state index contributed by atoms with van der Waals surface area (Å²) in [7, 11) is 0. The van der Waals surface area contributed by atoms with Gasteiger partial charge in [-0.2, -0.15) is 0 Å². The molecule has 1 N–H and O–H groups in total. The lowest BCUT2D eigenvalue weighted by Gasteiger charge is -2.13. The highest BCUT2D eigenvalue weighted by Gasteiger charge is 2.14. The van der Waals surface area contributed by atoms with Crippen LogP contribution in [0.15, 0.2) is 41.9 Å². The van der Waals surface area contributed by atoms with E-state index in [1.165, 1.54) is 0 Å². The van der Waals surface area contributed by atoms with Crippen molar-refractivity contribution in [2.75, 3.05) is 0 Å². The molecule has 0 bridgehead atoms. The van der Waals surface area contributed by atoms with Crippen molar-refractivity contribution in [1.82, 2.24) is 9.97 Å². The molecule has 0 aliphatic carbocycles. The van der Waals surface area contributed by atoms with E-state index >= 15 is 0 Å². The lowest BCUT2D eigenvalue weighted by Crippen LogP contribution is -2.04. The monoisotopic (exact) mass is 270 g/mol. The number of pyridine rings is 1. The van der Waals surface area contributed by atoms with Crippen LogP contribution in [0, 0.1) is 6.92 Å². The van der Waals surface area contributed by atoms with Crippen molar-refractivity contribution in [1.29, 1.82) is 0 Å². The van der Waals surface area contributed by atoms with Gasteiger partial charge in [0, 0.05) is 29.1 Å². The molecule has 0 saturated carbocycles. The van der Waals surface area contributed by atoms with Gasteiger partial charge in [-0.1, -0.05) is 18.2 Å². The van der Waals surface area contributed by atoms with Crippen LogP contribution in [-0.4, -0.2) is 15.1 Å². The van der Waals surface area contributed by atoms with E-state index in [0.717, 1.165) is 27.2 Å². The summed E-state index contributed by atoms with van der Waals surface area (Å²) in [5, 5.41) is 14.3. The fourth-order valence-electron chi connectivity index (χ4n) is 2.25. The van der Waals surface area contributed by atoms with E-state index in [4.69, 9.17) is 0 Å². The predicted molar refractivity (Wildman–Crippen MR) is 77.3 cm³/mol. The highest BCUT2D eigenvalue weighted by atomic mass is 32.1. The van der Waals surface area contributed by atoms with Crippen LogP contribution in [0.1, 0.15) is 22.4 Å². The Hall–Kier alpha value is -1.78. The third-order valence-corrected chi connectivity index (χ3v) is 3.89. The van der Waals surface area contributed by atoms with Crippen LogP contribution in [0.3, 0.4) is 0 Å².